The van der Waals surface area contributed by atoms with E-state index in [4.69, 9.17) is 0 Å². The standard InChI is InChI=1S/C19H25NO/c1-12-8-13(2)10-16(9-12)20-17(21)19-7-6-15(11-19)18(4,5)14(19)3/h8-10,15H,3,6-7,11H2,1-2,4-5H3,(H,20,21). The maximum Gasteiger partial charge on any atom is 0.234 e. The number of hydrogen-bond acceptors (Lipinski definition) is 1. The van der Waals surface area contributed by atoms with Crippen molar-refractivity contribution in [3.8, 4) is 0 Å². The van der Waals surface area contributed by atoms with Crippen LogP contribution in [-0.4, -0.2) is 5.91 Å². The molecule has 2 unspecified atom stereocenters. The van der Waals surface area contributed by atoms with E-state index in [9.17, 15) is 4.79 Å². The molecule has 1 N–H and O–H groups in total. The minimum absolute atomic E-state index is 0.0953. The van der Waals surface area contributed by atoms with Gasteiger partial charge in [0.1, 0.15) is 0 Å². The average molecular weight is 283 g/mol. The molecule has 21 heavy (non-hydrogen) atoms. The zero-order valence-corrected chi connectivity index (χ0v) is 13.5. The fourth-order valence-corrected chi connectivity index (χ4v) is 4.44. The molecule has 2 nitrogen and oxygen atoms in total. The number of hydrogen-bond donors (Lipinski definition) is 1. The van der Waals surface area contributed by atoms with Crippen LogP contribution in [0.2, 0.25) is 0 Å². The second-order valence-corrected chi connectivity index (χ2v) is 7.55. The summed E-state index contributed by atoms with van der Waals surface area (Å²) < 4.78 is 0. The van der Waals surface area contributed by atoms with E-state index in [0.29, 0.717) is 5.92 Å². The number of anilines is 1. The maximum absolute atomic E-state index is 12.9. The van der Waals surface area contributed by atoms with E-state index < -0.39 is 0 Å². The van der Waals surface area contributed by atoms with Crippen molar-refractivity contribution in [2.24, 2.45) is 16.7 Å². The van der Waals surface area contributed by atoms with Crippen molar-refractivity contribution in [2.45, 2.75) is 47.0 Å². The number of nitrogens with one attached hydrogen (secondary N) is 1. The molecule has 2 atom stereocenters. The van der Waals surface area contributed by atoms with Gasteiger partial charge in [-0.3, -0.25) is 4.79 Å². The molecule has 0 heterocycles. The lowest BCUT2D eigenvalue weighted by Gasteiger charge is -2.37. The summed E-state index contributed by atoms with van der Waals surface area (Å²) in [7, 11) is 0. The second kappa shape index (κ2) is 4.46. The van der Waals surface area contributed by atoms with Gasteiger partial charge >= 0.3 is 0 Å². The van der Waals surface area contributed by atoms with Crippen LogP contribution in [0.4, 0.5) is 5.69 Å². The molecule has 112 valence electrons. The van der Waals surface area contributed by atoms with E-state index in [1.807, 2.05) is 12.1 Å². The zero-order valence-electron chi connectivity index (χ0n) is 13.5. The lowest BCUT2D eigenvalue weighted by atomic mass is 9.68. The molecule has 0 aromatic heterocycles. The normalized spacial score (nSPS) is 29.7. The van der Waals surface area contributed by atoms with Crippen LogP contribution in [0.5, 0.6) is 0 Å². The summed E-state index contributed by atoms with van der Waals surface area (Å²) in [4.78, 5) is 12.9. The van der Waals surface area contributed by atoms with Gasteiger partial charge in [-0.05, 0) is 67.7 Å². The molecule has 0 spiro atoms. The number of aryl methyl sites for hydroxylation is 2. The summed E-state index contributed by atoms with van der Waals surface area (Å²) in [6, 6.07) is 6.20. The largest absolute Gasteiger partial charge is 0.325 e. The van der Waals surface area contributed by atoms with E-state index in [1.165, 1.54) is 11.1 Å². The summed E-state index contributed by atoms with van der Waals surface area (Å²) in [5.74, 6) is 0.751. The van der Waals surface area contributed by atoms with E-state index in [0.717, 1.165) is 30.5 Å². The number of rotatable bonds is 2. The van der Waals surface area contributed by atoms with Gasteiger partial charge in [-0.15, -0.1) is 0 Å². The molecular weight excluding hydrogens is 258 g/mol. The molecular formula is C19H25NO. The Balaban J connectivity index is 1.88. The zero-order chi connectivity index (χ0) is 15.4. The molecule has 2 fully saturated rings. The Hall–Kier alpha value is -1.57. The first kappa shape index (κ1) is 14.4. The molecule has 1 aromatic carbocycles. The summed E-state index contributed by atoms with van der Waals surface area (Å²) in [5.41, 5.74) is 4.15. The number of carbonyl (C=O) groups excluding carboxylic acids is 1. The van der Waals surface area contributed by atoms with E-state index in [2.05, 4.69) is 45.7 Å². The Labute approximate surface area is 127 Å². The highest BCUT2D eigenvalue weighted by atomic mass is 16.2. The number of benzene rings is 1. The summed E-state index contributed by atoms with van der Waals surface area (Å²) in [6.07, 6.45) is 3.07. The van der Waals surface area contributed by atoms with Crippen molar-refractivity contribution < 1.29 is 4.79 Å². The van der Waals surface area contributed by atoms with Gasteiger partial charge in [-0.25, -0.2) is 0 Å². The monoisotopic (exact) mass is 283 g/mol. The molecule has 0 aliphatic heterocycles. The average Bonchev–Trinajstić information content (AvgIpc) is 2.89. The fourth-order valence-electron chi connectivity index (χ4n) is 4.44. The third-order valence-corrected chi connectivity index (χ3v) is 5.80. The van der Waals surface area contributed by atoms with Crippen LogP contribution in [0.15, 0.2) is 30.4 Å². The Bertz CT molecular complexity index is 608. The van der Waals surface area contributed by atoms with Crippen molar-refractivity contribution in [1.29, 1.82) is 0 Å². The van der Waals surface area contributed by atoms with Crippen LogP contribution in [0.3, 0.4) is 0 Å². The summed E-state index contributed by atoms with van der Waals surface area (Å²) in [6.45, 7) is 12.9. The van der Waals surface area contributed by atoms with Crippen LogP contribution in [0.25, 0.3) is 0 Å². The van der Waals surface area contributed by atoms with Gasteiger partial charge in [0.25, 0.3) is 0 Å². The van der Waals surface area contributed by atoms with E-state index >= 15 is 0 Å². The lowest BCUT2D eigenvalue weighted by molar-refractivity contribution is -0.123. The van der Waals surface area contributed by atoms with Gasteiger partial charge in [0.05, 0.1) is 5.41 Å². The number of carbonyl (C=O) groups is 1. The van der Waals surface area contributed by atoms with E-state index in [-0.39, 0.29) is 16.7 Å². The first-order valence-corrected chi connectivity index (χ1v) is 7.85. The molecule has 2 heteroatoms. The van der Waals surface area contributed by atoms with Crippen LogP contribution >= 0.6 is 0 Å². The molecule has 1 aromatic rings. The fraction of sp³-hybridized carbons (Fsp3) is 0.526. The molecule has 0 saturated heterocycles. The quantitative estimate of drug-likeness (QED) is 0.788. The highest BCUT2D eigenvalue weighted by Gasteiger charge is 2.60. The van der Waals surface area contributed by atoms with Crippen molar-refractivity contribution in [2.75, 3.05) is 5.32 Å². The molecule has 2 saturated carbocycles. The minimum atomic E-state index is -0.341. The van der Waals surface area contributed by atoms with Crippen LogP contribution < -0.4 is 5.32 Å². The van der Waals surface area contributed by atoms with Gasteiger partial charge in [0.15, 0.2) is 0 Å². The Morgan fingerprint density at radius 3 is 2.38 bits per heavy atom. The molecule has 3 rings (SSSR count). The van der Waals surface area contributed by atoms with Crippen molar-refractivity contribution >= 4 is 11.6 Å². The number of amides is 1. The first-order valence-electron chi connectivity index (χ1n) is 7.85. The van der Waals surface area contributed by atoms with Gasteiger partial charge in [0, 0.05) is 5.69 Å². The maximum atomic E-state index is 12.9. The SMILES string of the molecule is C=C1C2(C(=O)Nc3cc(C)cc(C)c3)CCC(C2)C1(C)C. The van der Waals surface area contributed by atoms with Crippen molar-refractivity contribution in [1.82, 2.24) is 0 Å². The highest BCUT2D eigenvalue weighted by molar-refractivity contribution is 5.98. The molecule has 2 bridgehead atoms. The predicted octanol–water partition coefficient (Wildman–Crippen LogP) is 4.62. The summed E-state index contributed by atoms with van der Waals surface area (Å²) in [5, 5.41) is 3.15. The van der Waals surface area contributed by atoms with Crippen LogP contribution in [0, 0.1) is 30.6 Å². The van der Waals surface area contributed by atoms with Gasteiger partial charge in [-0.1, -0.05) is 32.1 Å². The van der Waals surface area contributed by atoms with Gasteiger partial charge in [0.2, 0.25) is 5.91 Å². The third-order valence-electron chi connectivity index (χ3n) is 5.80. The topological polar surface area (TPSA) is 29.1 Å². The third kappa shape index (κ3) is 2.04. The van der Waals surface area contributed by atoms with Gasteiger partial charge < -0.3 is 5.32 Å². The molecule has 2 aliphatic carbocycles. The molecule has 1 amide bonds. The smallest absolute Gasteiger partial charge is 0.234 e. The Morgan fingerprint density at radius 1 is 1.24 bits per heavy atom. The highest BCUT2D eigenvalue weighted by Crippen LogP contribution is 2.65. The lowest BCUT2D eigenvalue weighted by Crippen LogP contribution is -2.37. The first-order chi connectivity index (χ1) is 9.75. The molecule has 2 aliphatic rings. The van der Waals surface area contributed by atoms with Crippen LogP contribution in [0.1, 0.15) is 44.2 Å². The predicted molar refractivity (Wildman–Crippen MR) is 87.2 cm³/mol. The van der Waals surface area contributed by atoms with Gasteiger partial charge in [-0.2, -0.15) is 0 Å². The Morgan fingerprint density at radius 2 is 1.86 bits per heavy atom. The Kier molecular flexibility index (Phi) is 3.05. The summed E-state index contributed by atoms with van der Waals surface area (Å²) >= 11 is 0. The van der Waals surface area contributed by atoms with E-state index in [1.54, 1.807) is 0 Å². The second-order valence-electron chi connectivity index (χ2n) is 7.55. The number of fused-ring (bicyclic) bond motifs is 2. The minimum Gasteiger partial charge on any atom is -0.325 e. The molecule has 0 radical (unpaired) electrons. The van der Waals surface area contributed by atoms with Crippen molar-refractivity contribution in [3.63, 3.8) is 0 Å². The van der Waals surface area contributed by atoms with Crippen molar-refractivity contribution in [3.05, 3.63) is 41.5 Å². The van der Waals surface area contributed by atoms with Crippen LogP contribution in [-0.2, 0) is 4.79 Å².